The number of nitrogens with one attached hydrogen (secondary N) is 1. The van der Waals surface area contributed by atoms with E-state index in [1.54, 1.807) is 45.0 Å². The van der Waals surface area contributed by atoms with Crippen molar-refractivity contribution in [1.82, 2.24) is 18.9 Å². The van der Waals surface area contributed by atoms with Crippen LogP contribution in [0.3, 0.4) is 0 Å². The minimum Gasteiger partial charge on any atom is -0.323 e. The monoisotopic (exact) mass is 485 g/mol. The molecule has 0 atom stereocenters. The highest BCUT2D eigenvalue weighted by Gasteiger charge is 2.31. The SMILES string of the molecule is CCn1c(=O)c2ccccc2n(CC(=O)Nc2cc(C(F)(F)F)ccc2-n2nc(C)cc2C)c1=O. The molecule has 0 aliphatic heterocycles. The number of carbonyl (C=O) groups is 1. The molecule has 0 aliphatic rings. The normalized spacial score (nSPS) is 11.7. The molecule has 0 unspecified atom stereocenters. The number of hydrogen-bond donors (Lipinski definition) is 1. The van der Waals surface area contributed by atoms with Gasteiger partial charge in [0.05, 0.1) is 33.5 Å². The minimum absolute atomic E-state index is 0.0970. The Hall–Kier alpha value is -4.15. The van der Waals surface area contributed by atoms with Crippen molar-refractivity contribution in [3.63, 3.8) is 0 Å². The molecule has 1 N–H and O–H groups in total. The molecule has 8 nitrogen and oxygen atoms in total. The third-order valence-corrected chi connectivity index (χ3v) is 5.59. The van der Waals surface area contributed by atoms with Crippen LogP contribution in [-0.2, 0) is 24.1 Å². The van der Waals surface area contributed by atoms with E-state index < -0.39 is 35.4 Å². The van der Waals surface area contributed by atoms with Crippen molar-refractivity contribution in [1.29, 1.82) is 0 Å². The molecule has 0 fully saturated rings. The smallest absolute Gasteiger partial charge is 0.323 e. The first-order valence-corrected chi connectivity index (χ1v) is 10.8. The summed E-state index contributed by atoms with van der Waals surface area (Å²) in [6, 6.07) is 11.1. The van der Waals surface area contributed by atoms with Crippen molar-refractivity contribution in [2.45, 2.75) is 40.0 Å². The van der Waals surface area contributed by atoms with Gasteiger partial charge in [-0.25, -0.2) is 9.48 Å². The molecule has 35 heavy (non-hydrogen) atoms. The zero-order valence-electron chi connectivity index (χ0n) is 19.2. The van der Waals surface area contributed by atoms with Crippen LogP contribution in [0, 0.1) is 13.8 Å². The number of alkyl halides is 3. The van der Waals surface area contributed by atoms with Gasteiger partial charge < -0.3 is 5.32 Å². The number of fused-ring (bicyclic) bond motifs is 1. The Kier molecular flexibility index (Phi) is 6.10. The Morgan fingerprint density at radius 1 is 1.03 bits per heavy atom. The number of aromatic nitrogens is 4. The summed E-state index contributed by atoms with van der Waals surface area (Å²) in [5.74, 6) is -0.735. The van der Waals surface area contributed by atoms with E-state index in [1.807, 2.05) is 0 Å². The lowest BCUT2D eigenvalue weighted by atomic mass is 10.1. The van der Waals surface area contributed by atoms with E-state index in [0.717, 1.165) is 21.3 Å². The van der Waals surface area contributed by atoms with E-state index in [-0.39, 0.29) is 28.8 Å². The van der Waals surface area contributed by atoms with E-state index in [1.165, 1.54) is 16.8 Å². The van der Waals surface area contributed by atoms with Gasteiger partial charge in [-0.05, 0) is 57.2 Å². The van der Waals surface area contributed by atoms with Gasteiger partial charge in [-0.15, -0.1) is 0 Å². The first kappa shape index (κ1) is 24.0. The molecular formula is C24H22F3N5O3. The van der Waals surface area contributed by atoms with E-state index in [9.17, 15) is 27.6 Å². The summed E-state index contributed by atoms with van der Waals surface area (Å²) in [4.78, 5) is 38.6. The molecule has 2 heterocycles. The van der Waals surface area contributed by atoms with Gasteiger partial charge in [-0.1, -0.05) is 12.1 Å². The first-order chi connectivity index (χ1) is 16.5. The summed E-state index contributed by atoms with van der Waals surface area (Å²) >= 11 is 0. The molecule has 0 aliphatic carbocycles. The maximum Gasteiger partial charge on any atom is 0.416 e. The summed E-state index contributed by atoms with van der Waals surface area (Å²) in [7, 11) is 0. The number of benzene rings is 2. The fraction of sp³-hybridized carbons (Fsp3) is 0.250. The van der Waals surface area contributed by atoms with Crippen molar-refractivity contribution >= 4 is 22.5 Å². The number of anilines is 1. The average Bonchev–Trinajstić information content (AvgIpc) is 3.14. The Balaban J connectivity index is 1.78. The average molecular weight is 485 g/mol. The number of aryl methyl sites for hydroxylation is 2. The van der Waals surface area contributed by atoms with Crippen LogP contribution >= 0.6 is 0 Å². The highest BCUT2D eigenvalue weighted by molar-refractivity contribution is 5.93. The van der Waals surface area contributed by atoms with E-state index in [4.69, 9.17) is 0 Å². The second kappa shape index (κ2) is 8.90. The predicted octanol–water partition coefficient (Wildman–Crippen LogP) is 3.64. The summed E-state index contributed by atoms with van der Waals surface area (Å²) in [5.41, 5.74) is -0.409. The molecule has 182 valence electrons. The molecule has 1 amide bonds. The molecule has 0 saturated carbocycles. The van der Waals surface area contributed by atoms with Crippen molar-refractivity contribution in [3.8, 4) is 5.69 Å². The topological polar surface area (TPSA) is 90.9 Å². The number of carbonyl (C=O) groups excluding carboxylic acids is 1. The minimum atomic E-state index is -4.63. The highest BCUT2D eigenvalue weighted by atomic mass is 19.4. The number of nitrogens with zero attached hydrogens (tertiary/aromatic N) is 4. The first-order valence-electron chi connectivity index (χ1n) is 10.8. The van der Waals surface area contributed by atoms with Crippen LogP contribution in [0.1, 0.15) is 23.9 Å². The highest BCUT2D eigenvalue weighted by Crippen LogP contribution is 2.33. The van der Waals surface area contributed by atoms with Crippen LogP contribution in [0.15, 0.2) is 58.1 Å². The molecule has 0 spiro atoms. The number of amides is 1. The molecular weight excluding hydrogens is 463 g/mol. The largest absolute Gasteiger partial charge is 0.416 e. The summed E-state index contributed by atoms with van der Waals surface area (Å²) in [6.45, 7) is 4.70. The van der Waals surface area contributed by atoms with E-state index in [0.29, 0.717) is 11.4 Å². The van der Waals surface area contributed by atoms with Gasteiger partial charge in [-0.2, -0.15) is 18.3 Å². The molecule has 4 rings (SSSR count). The van der Waals surface area contributed by atoms with Crippen LogP contribution in [0.5, 0.6) is 0 Å². The van der Waals surface area contributed by atoms with Crippen LogP contribution in [0.25, 0.3) is 16.6 Å². The molecule has 0 saturated heterocycles. The number of hydrogen-bond acceptors (Lipinski definition) is 4. The van der Waals surface area contributed by atoms with Gasteiger partial charge in [0.15, 0.2) is 0 Å². The lowest BCUT2D eigenvalue weighted by Gasteiger charge is -2.17. The van der Waals surface area contributed by atoms with Gasteiger partial charge >= 0.3 is 11.9 Å². The van der Waals surface area contributed by atoms with Gasteiger partial charge in [0.2, 0.25) is 5.91 Å². The van der Waals surface area contributed by atoms with Crippen LogP contribution < -0.4 is 16.6 Å². The lowest BCUT2D eigenvalue weighted by Crippen LogP contribution is -2.41. The Labute approximate surface area is 197 Å². The second-order valence-electron chi connectivity index (χ2n) is 8.05. The third kappa shape index (κ3) is 4.48. The van der Waals surface area contributed by atoms with Gasteiger partial charge in [0, 0.05) is 12.2 Å². The van der Waals surface area contributed by atoms with E-state index >= 15 is 0 Å². The standard InChI is InChI=1S/C24H22F3N5O3/c1-4-30-22(34)17-7-5-6-8-19(17)31(23(30)35)13-21(33)28-18-12-16(24(25,26)27)9-10-20(18)32-15(3)11-14(2)29-32/h5-12H,4,13H2,1-3H3,(H,28,33). The number of halogens is 3. The Morgan fingerprint density at radius 3 is 2.37 bits per heavy atom. The Morgan fingerprint density at radius 2 is 1.74 bits per heavy atom. The Bertz CT molecular complexity index is 1560. The summed E-state index contributed by atoms with van der Waals surface area (Å²) < 4.78 is 43.8. The molecule has 0 bridgehead atoms. The molecule has 2 aromatic carbocycles. The zero-order valence-corrected chi connectivity index (χ0v) is 19.2. The third-order valence-electron chi connectivity index (χ3n) is 5.59. The maximum absolute atomic E-state index is 13.4. The van der Waals surface area contributed by atoms with Crippen molar-refractivity contribution in [3.05, 3.63) is 86.3 Å². The van der Waals surface area contributed by atoms with Crippen LogP contribution in [0.2, 0.25) is 0 Å². The van der Waals surface area contributed by atoms with Crippen LogP contribution in [-0.4, -0.2) is 24.8 Å². The van der Waals surface area contributed by atoms with Crippen LogP contribution in [0.4, 0.5) is 18.9 Å². The summed E-state index contributed by atoms with van der Waals surface area (Å²) in [5, 5.41) is 7.06. The number of para-hydroxylation sites is 1. The maximum atomic E-state index is 13.4. The molecule has 0 radical (unpaired) electrons. The fourth-order valence-electron chi connectivity index (χ4n) is 4.01. The fourth-order valence-corrected chi connectivity index (χ4v) is 4.01. The van der Waals surface area contributed by atoms with Crippen molar-refractivity contribution < 1.29 is 18.0 Å². The van der Waals surface area contributed by atoms with E-state index in [2.05, 4.69) is 10.4 Å². The zero-order chi connectivity index (χ0) is 25.5. The van der Waals surface area contributed by atoms with Gasteiger partial charge in [0.25, 0.3) is 5.56 Å². The van der Waals surface area contributed by atoms with Crippen molar-refractivity contribution in [2.75, 3.05) is 5.32 Å². The predicted molar refractivity (Wildman–Crippen MR) is 125 cm³/mol. The van der Waals surface area contributed by atoms with Gasteiger partial charge in [-0.3, -0.25) is 18.7 Å². The molecule has 11 heteroatoms. The number of rotatable bonds is 5. The quantitative estimate of drug-likeness (QED) is 0.467. The summed E-state index contributed by atoms with van der Waals surface area (Å²) in [6.07, 6.45) is -4.63. The molecule has 2 aromatic heterocycles. The van der Waals surface area contributed by atoms with Gasteiger partial charge in [0.1, 0.15) is 6.54 Å². The second-order valence-corrected chi connectivity index (χ2v) is 8.05. The van der Waals surface area contributed by atoms with Crippen molar-refractivity contribution in [2.24, 2.45) is 0 Å². The molecule has 4 aromatic rings. The lowest BCUT2D eigenvalue weighted by molar-refractivity contribution is -0.137.